The quantitative estimate of drug-likeness (QED) is 0.527. The number of amides is 1. The molecule has 0 aromatic heterocycles. The molecule has 1 heterocycles. The van der Waals surface area contributed by atoms with Crippen LogP contribution in [0.2, 0.25) is 0 Å². The molecule has 1 amide bonds. The minimum atomic E-state index is -0.314. The standard InChI is InChI=1S/C21H33FN4O2/c1-4-18(28-19-10-7-9-17(22)14-19)15-25-21(23-3)24-12-11-20(27)26-13-6-5-8-16(26)2/h7,9-10,14,16,18H,4-6,8,11-13,15H2,1-3H3,(H2,23,24,25). The molecule has 1 aliphatic heterocycles. The minimum absolute atomic E-state index is 0.115. The van der Waals surface area contributed by atoms with Gasteiger partial charge in [0.05, 0.1) is 6.54 Å². The van der Waals surface area contributed by atoms with E-state index in [-0.39, 0.29) is 17.8 Å². The van der Waals surface area contributed by atoms with Gasteiger partial charge < -0.3 is 20.3 Å². The summed E-state index contributed by atoms with van der Waals surface area (Å²) in [5.74, 6) is 1.01. The molecule has 7 heteroatoms. The molecule has 1 fully saturated rings. The number of hydrogen-bond donors (Lipinski definition) is 2. The fourth-order valence-corrected chi connectivity index (χ4v) is 3.33. The smallest absolute Gasteiger partial charge is 0.224 e. The van der Waals surface area contributed by atoms with Crippen LogP contribution in [-0.2, 0) is 4.79 Å². The highest BCUT2D eigenvalue weighted by atomic mass is 19.1. The van der Waals surface area contributed by atoms with E-state index < -0.39 is 0 Å². The van der Waals surface area contributed by atoms with Crippen molar-refractivity contribution in [1.82, 2.24) is 15.5 Å². The summed E-state index contributed by atoms with van der Waals surface area (Å²) in [5, 5.41) is 6.40. The zero-order valence-corrected chi connectivity index (χ0v) is 17.2. The first kappa shape index (κ1) is 22.0. The molecular weight excluding hydrogens is 359 g/mol. The van der Waals surface area contributed by atoms with E-state index in [0.717, 1.165) is 25.8 Å². The van der Waals surface area contributed by atoms with Gasteiger partial charge in [-0.25, -0.2) is 4.39 Å². The van der Waals surface area contributed by atoms with Gasteiger partial charge in [-0.1, -0.05) is 13.0 Å². The number of rotatable bonds is 8. The van der Waals surface area contributed by atoms with E-state index in [0.29, 0.717) is 37.3 Å². The number of guanidine groups is 1. The predicted octanol–water partition coefficient (Wildman–Crippen LogP) is 2.94. The molecule has 1 aromatic carbocycles. The minimum Gasteiger partial charge on any atom is -0.489 e. The maximum atomic E-state index is 13.3. The normalized spacial score (nSPS) is 18.5. The fourth-order valence-electron chi connectivity index (χ4n) is 3.33. The average Bonchev–Trinajstić information content (AvgIpc) is 2.69. The molecule has 1 saturated heterocycles. The molecule has 1 aromatic rings. The molecular formula is C21H33FN4O2. The summed E-state index contributed by atoms with van der Waals surface area (Å²) in [6.45, 7) is 6.06. The third kappa shape index (κ3) is 7.02. The largest absolute Gasteiger partial charge is 0.489 e. The van der Waals surface area contributed by atoms with Gasteiger partial charge in [0, 0.05) is 38.7 Å². The van der Waals surface area contributed by atoms with Crippen molar-refractivity contribution in [2.24, 2.45) is 4.99 Å². The Balaban J connectivity index is 1.73. The van der Waals surface area contributed by atoms with E-state index >= 15 is 0 Å². The molecule has 2 N–H and O–H groups in total. The lowest BCUT2D eigenvalue weighted by atomic mass is 10.0. The summed E-state index contributed by atoms with van der Waals surface area (Å²) in [5.41, 5.74) is 0. The van der Waals surface area contributed by atoms with Crippen molar-refractivity contribution in [3.63, 3.8) is 0 Å². The number of piperidine rings is 1. The second-order valence-corrected chi connectivity index (χ2v) is 7.17. The van der Waals surface area contributed by atoms with Crippen LogP contribution in [0.4, 0.5) is 4.39 Å². The maximum absolute atomic E-state index is 13.3. The van der Waals surface area contributed by atoms with Gasteiger partial charge in [0.2, 0.25) is 5.91 Å². The van der Waals surface area contributed by atoms with Gasteiger partial charge in [-0.2, -0.15) is 0 Å². The highest BCUT2D eigenvalue weighted by Crippen LogP contribution is 2.17. The van der Waals surface area contributed by atoms with Gasteiger partial charge in [-0.3, -0.25) is 9.79 Å². The number of halogens is 1. The SMILES string of the molecule is CCC(CNC(=NC)NCCC(=O)N1CCCCC1C)Oc1cccc(F)c1. The van der Waals surface area contributed by atoms with Crippen molar-refractivity contribution in [2.75, 3.05) is 26.7 Å². The number of ether oxygens (including phenoxy) is 1. The molecule has 28 heavy (non-hydrogen) atoms. The van der Waals surface area contributed by atoms with E-state index in [1.807, 2.05) is 11.8 Å². The summed E-state index contributed by atoms with van der Waals surface area (Å²) in [7, 11) is 1.69. The molecule has 0 aliphatic carbocycles. The first-order valence-corrected chi connectivity index (χ1v) is 10.2. The Morgan fingerprint density at radius 1 is 1.39 bits per heavy atom. The maximum Gasteiger partial charge on any atom is 0.224 e. The zero-order valence-electron chi connectivity index (χ0n) is 17.2. The van der Waals surface area contributed by atoms with Crippen LogP contribution in [0.25, 0.3) is 0 Å². The summed E-state index contributed by atoms with van der Waals surface area (Å²) < 4.78 is 19.1. The van der Waals surface area contributed by atoms with Gasteiger partial charge in [0.15, 0.2) is 5.96 Å². The number of aliphatic imine (C=N–C) groups is 1. The third-order valence-electron chi connectivity index (χ3n) is 5.03. The molecule has 2 atom stereocenters. The molecule has 0 spiro atoms. The first-order valence-electron chi connectivity index (χ1n) is 10.2. The zero-order chi connectivity index (χ0) is 20.4. The van der Waals surface area contributed by atoms with E-state index in [2.05, 4.69) is 22.5 Å². The Morgan fingerprint density at radius 2 is 2.21 bits per heavy atom. The average molecular weight is 393 g/mol. The molecule has 2 unspecified atom stereocenters. The molecule has 6 nitrogen and oxygen atoms in total. The summed E-state index contributed by atoms with van der Waals surface area (Å²) in [4.78, 5) is 18.6. The van der Waals surface area contributed by atoms with Gasteiger partial charge in [-0.05, 0) is 44.7 Å². The Hall–Kier alpha value is -2.31. The van der Waals surface area contributed by atoms with Crippen LogP contribution in [0, 0.1) is 5.82 Å². The first-order chi connectivity index (χ1) is 13.5. The Bertz CT molecular complexity index is 653. The van der Waals surface area contributed by atoms with Crippen LogP contribution >= 0.6 is 0 Å². The summed E-state index contributed by atoms with van der Waals surface area (Å²) in [6.07, 6.45) is 4.49. The Morgan fingerprint density at radius 3 is 2.89 bits per heavy atom. The van der Waals surface area contributed by atoms with Crippen LogP contribution in [-0.4, -0.2) is 55.6 Å². The molecule has 156 valence electrons. The number of nitrogens with one attached hydrogen (secondary N) is 2. The van der Waals surface area contributed by atoms with E-state index in [4.69, 9.17) is 4.74 Å². The van der Waals surface area contributed by atoms with Gasteiger partial charge in [0.25, 0.3) is 0 Å². The van der Waals surface area contributed by atoms with Crippen LogP contribution in [0.1, 0.15) is 46.0 Å². The Labute approximate surface area is 167 Å². The van der Waals surface area contributed by atoms with Crippen molar-refractivity contribution in [3.05, 3.63) is 30.1 Å². The van der Waals surface area contributed by atoms with Crippen molar-refractivity contribution in [3.8, 4) is 5.75 Å². The highest BCUT2D eigenvalue weighted by molar-refractivity contribution is 5.81. The van der Waals surface area contributed by atoms with Crippen molar-refractivity contribution in [2.45, 2.75) is 58.1 Å². The number of benzene rings is 1. The Kier molecular flexibility index (Phi) is 9.04. The topological polar surface area (TPSA) is 66.0 Å². The highest BCUT2D eigenvalue weighted by Gasteiger charge is 2.22. The molecule has 0 radical (unpaired) electrons. The van der Waals surface area contributed by atoms with E-state index in [1.54, 1.807) is 19.2 Å². The van der Waals surface area contributed by atoms with Crippen molar-refractivity contribution in [1.29, 1.82) is 0 Å². The van der Waals surface area contributed by atoms with E-state index in [9.17, 15) is 9.18 Å². The number of likely N-dealkylation sites (tertiary alicyclic amines) is 1. The van der Waals surface area contributed by atoms with Crippen LogP contribution in [0.5, 0.6) is 5.75 Å². The number of hydrogen-bond acceptors (Lipinski definition) is 3. The second kappa shape index (κ2) is 11.5. The second-order valence-electron chi connectivity index (χ2n) is 7.17. The van der Waals surface area contributed by atoms with Crippen LogP contribution < -0.4 is 15.4 Å². The van der Waals surface area contributed by atoms with Gasteiger partial charge >= 0.3 is 0 Å². The molecule has 0 saturated carbocycles. The molecule has 2 rings (SSSR count). The monoisotopic (exact) mass is 392 g/mol. The summed E-state index contributed by atoms with van der Waals surface area (Å²) >= 11 is 0. The fraction of sp³-hybridized carbons (Fsp3) is 0.619. The lowest BCUT2D eigenvalue weighted by Crippen LogP contribution is -2.45. The number of carbonyl (C=O) groups is 1. The van der Waals surface area contributed by atoms with Crippen LogP contribution in [0.15, 0.2) is 29.3 Å². The van der Waals surface area contributed by atoms with Gasteiger partial charge in [0.1, 0.15) is 17.7 Å². The van der Waals surface area contributed by atoms with Crippen molar-refractivity contribution < 1.29 is 13.9 Å². The molecule has 1 aliphatic rings. The lowest BCUT2D eigenvalue weighted by molar-refractivity contribution is -0.134. The molecule has 0 bridgehead atoms. The summed E-state index contributed by atoms with van der Waals surface area (Å²) in [6, 6.07) is 6.48. The predicted molar refractivity (Wildman–Crippen MR) is 110 cm³/mol. The van der Waals surface area contributed by atoms with Gasteiger partial charge in [-0.15, -0.1) is 0 Å². The van der Waals surface area contributed by atoms with Crippen molar-refractivity contribution >= 4 is 11.9 Å². The van der Waals surface area contributed by atoms with E-state index in [1.165, 1.54) is 18.6 Å². The third-order valence-corrected chi connectivity index (χ3v) is 5.03. The van der Waals surface area contributed by atoms with Crippen LogP contribution in [0.3, 0.4) is 0 Å². The number of nitrogens with zero attached hydrogens (tertiary/aromatic N) is 2. The number of carbonyl (C=O) groups excluding carboxylic acids is 1. The lowest BCUT2D eigenvalue weighted by Gasteiger charge is -2.33.